The van der Waals surface area contributed by atoms with Gasteiger partial charge in [0.1, 0.15) is 11.6 Å². The fraction of sp³-hybridized carbons (Fsp3) is 0.434. The van der Waals surface area contributed by atoms with Gasteiger partial charge in [0, 0.05) is 74.6 Å². The predicted molar refractivity (Wildman–Crippen MR) is 263 cm³/mol. The molecule has 2 aromatic carbocycles. The number of nitrogens with zero attached hydrogens (tertiary/aromatic N) is 10. The fourth-order valence-electron chi connectivity index (χ4n) is 11.8. The molecule has 1 saturated carbocycles. The number of carbonyl (C=O) groups excluding carboxylic acids is 1. The lowest BCUT2D eigenvalue weighted by Gasteiger charge is -2.36. The molecule has 72 heavy (non-hydrogen) atoms. The van der Waals surface area contributed by atoms with Gasteiger partial charge in [0.25, 0.3) is 5.91 Å². The van der Waals surface area contributed by atoms with E-state index in [1.54, 1.807) is 53.7 Å². The number of imidazole rings is 1. The molecule has 2 atom stereocenters. The molecule has 9 heterocycles. The van der Waals surface area contributed by atoms with Gasteiger partial charge in [-0.05, 0) is 125 Å². The highest BCUT2D eigenvalue weighted by Crippen LogP contribution is 2.54. The maximum Gasteiger partial charge on any atom is 0.438 e. The van der Waals surface area contributed by atoms with E-state index in [1.165, 1.54) is 21.5 Å². The number of morpholine rings is 1. The van der Waals surface area contributed by atoms with Crippen molar-refractivity contribution in [3.8, 4) is 17.2 Å². The van der Waals surface area contributed by atoms with Gasteiger partial charge in [-0.15, -0.1) is 0 Å². The number of carbonyl (C=O) groups is 1. The molecule has 3 aliphatic heterocycles. The van der Waals surface area contributed by atoms with Gasteiger partial charge in [0.05, 0.1) is 76.5 Å². The molecular formula is C53H57F2N11O6. The van der Waals surface area contributed by atoms with Crippen LogP contribution in [-0.4, -0.2) is 111 Å². The second-order valence-corrected chi connectivity index (χ2v) is 20.6. The monoisotopic (exact) mass is 981 g/mol. The molecule has 19 heteroatoms. The van der Waals surface area contributed by atoms with Crippen LogP contribution in [0.25, 0.3) is 33.6 Å². The number of benzene rings is 2. The molecule has 0 spiro atoms. The Hall–Kier alpha value is -6.96. The minimum absolute atomic E-state index is 0.0516. The number of nitrogens with one attached hydrogen (secondary N) is 1. The van der Waals surface area contributed by atoms with Crippen molar-refractivity contribution in [1.82, 2.24) is 53.0 Å². The molecule has 8 aromatic rings. The van der Waals surface area contributed by atoms with Crippen LogP contribution in [0.4, 0.5) is 8.78 Å². The Morgan fingerprint density at radius 3 is 2.42 bits per heavy atom. The summed E-state index contributed by atoms with van der Waals surface area (Å²) in [6.07, 6.45) is 10.4. The van der Waals surface area contributed by atoms with Gasteiger partial charge in [-0.1, -0.05) is 12.1 Å². The molecule has 12 rings (SSSR count). The molecule has 2 saturated heterocycles. The van der Waals surface area contributed by atoms with E-state index in [0.717, 1.165) is 49.2 Å². The third-order valence-corrected chi connectivity index (χ3v) is 15.6. The van der Waals surface area contributed by atoms with Crippen molar-refractivity contribution in [1.29, 1.82) is 0 Å². The highest BCUT2D eigenvalue weighted by molar-refractivity contribution is 5.98. The van der Waals surface area contributed by atoms with E-state index in [4.69, 9.17) is 19.1 Å². The Morgan fingerprint density at radius 2 is 1.69 bits per heavy atom. The number of halogens is 2. The average Bonchev–Trinajstić information content (AvgIpc) is 3.85. The number of H-pyrrole nitrogens is 1. The molecule has 17 nitrogen and oxygen atoms in total. The van der Waals surface area contributed by atoms with Crippen molar-refractivity contribution < 1.29 is 27.6 Å². The Balaban J connectivity index is 0.961. The van der Waals surface area contributed by atoms with Crippen LogP contribution in [0.15, 0.2) is 81.4 Å². The summed E-state index contributed by atoms with van der Waals surface area (Å²) in [6.45, 7) is 14.9. The van der Waals surface area contributed by atoms with Crippen LogP contribution in [0.3, 0.4) is 0 Å². The molecule has 1 unspecified atom stereocenters. The van der Waals surface area contributed by atoms with Crippen molar-refractivity contribution >= 4 is 22.3 Å². The van der Waals surface area contributed by atoms with Crippen LogP contribution in [0.5, 0.6) is 0 Å². The van der Waals surface area contributed by atoms with Gasteiger partial charge in [-0.2, -0.15) is 10.2 Å². The lowest BCUT2D eigenvalue weighted by atomic mass is 9.84. The summed E-state index contributed by atoms with van der Waals surface area (Å²) in [5, 5.41) is 14.1. The summed E-state index contributed by atoms with van der Waals surface area (Å²) in [4.78, 5) is 50.1. The lowest BCUT2D eigenvalue weighted by molar-refractivity contribution is -0.0593. The second-order valence-electron chi connectivity index (χ2n) is 20.6. The molecule has 6 aromatic heterocycles. The molecule has 1 amide bonds. The van der Waals surface area contributed by atoms with Gasteiger partial charge in [-0.3, -0.25) is 33.0 Å². The summed E-state index contributed by atoms with van der Waals surface area (Å²) >= 11 is 0. The zero-order valence-electron chi connectivity index (χ0n) is 41.1. The highest BCUT2D eigenvalue weighted by atomic mass is 19.1. The van der Waals surface area contributed by atoms with Gasteiger partial charge < -0.3 is 18.8 Å². The van der Waals surface area contributed by atoms with E-state index in [2.05, 4.69) is 50.5 Å². The first-order valence-electron chi connectivity index (χ1n) is 25.0. The topological polar surface area (TPSA) is 168 Å². The molecule has 1 N–H and O–H groups in total. The quantitative estimate of drug-likeness (QED) is 0.140. The summed E-state index contributed by atoms with van der Waals surface area (Å²) in [5.41, 5.74) is 4.92. The van der Waals surface area contributed by atoms with Crippen molar-refractivity contribution in [2.45, 2.75) is 103 Å². The van der Waals surface area contributed by atoms with Gasteiger partial charge in [0.15, 0.2) is 11.6 Å². The summed E-state index contributed by atoms with van der Waals surface area (Å²) in [5.74, 6) is -0.827. The van der Waals surface area contributed by atoms with Gasteiger partial charge in [0.2, 0.25) is 0 Å². The number of hydrogen-bond donors (Lipinski definition) is 1. The van der Waals surface area contributed by atoms with Crippen LogP contribution >= 0.6 is 0 Å². The molecular weight excluding hydrogens is 925 g/mol. The highest BCUT2D eigenvalue weighted by Gasteiger charge is 2.54. The number of pyridine rings is 1. The van der Waals surface area contributed by atoms with E-state index >= 15 is 13.6 Å². The largest absolute Gasteiger partial charge is 0.438 e. The van der Waals surface area contributed by atoms with Crippen LogP contribution < -0.4 is 11.4 Å². The van der Waals surface area contributed by atoms with Gasteiger partial charge >= 0.3 is 11.4 Å². The zero-order chi connectivity index (χ0) is 49.8. The first-order valence-corrected chi connectivity index (χ1v) is 25.0. The number of rotatable bonds is 11. The summed E-state index contributed by atoms with van der Waals surface area (Å²) in [6, 6.07) is 12.4. The maximum atomic E-state index is 16.7. The minimum Gasteiger partial charge on any atom is -0.379 e. The third-order valence-electron chi connectivity index (χ3n) is 15.6. The Labute approximate surface area is 412 Å². The van der Waals surface area contributed by atoms with E-state index < -0.39 is 28.7 Å². The van der Waals surface area contributed by atoms with E-state index in [1.807, 2.05) is 24.1 Å². The first kappa shape index (κ1) is 46.1. The van der Waals surface area contributed by atoms with Crippen molar-refractivity contribution in [3.63, 3.8) is 0 Å². The van der Waals surface area contributed by atoms with Crippen LogP contribution in [0.2, 0.25) is 0 Å². The number of ether oxygens (including phenoxy) is 2. The van der Waals surface area contributed by atoms with E-state index in [9.17, 15) is 9.59 Å². The number of fused-ring (bicyclic) bond motifs is 3. The normalized spacial score (nSPS) is 19.9. The fourth-order valence-corrected chi connectivity index (χ4v) is 11.8. The number of aromatic nitrogens is 9. The zero-order valence-corrected chi connectivity index (χ0v) is 41.1. The Bertz CT molecular complexity index is 3540. The van der Waals surface area contributed by atoms with Crippen molar-refractivity contribution in [2.75, 3.05) is 46.0 Å². The molecule has 3 fully saturated rings. The summed E-state index contributed by atoms with van der Waals surface area (Å²) < 4.78 is 56.8. The smallest absolute Gasteiger partial charge is 0.379 e. The lowest BCUT2D eigenvalue weighted by Crippen LogP contribution is -2.41. The molecule has 1 aliphatic carbocycles. The Morgan fingerprint density at radius 1 is 0.917 bits per heavy atom. The third kappa shape index (κ3) is 7.57. The maximum absolute atomic E-state index is 16.7. The minimum atomic E-state index is -0.779. The van der Waals surface area contributed by atoms with E-state index in [-0.39, 0.29) is 28.9 Å². The average molecular weight is 982 g/mol. The number of aryl methyl sites for hydroxylation is 2. The van der Waals surface area contributed by atoms with Gasteiger partial charge in [-0.25, -0.2) is 23.1 Å². The number of amides is 1. The molecule has 0 bridgehead atoms. The SMILES string of the molecule is CCC1c2c(nn(-c3cc(C)c(F)c(C)c3)c2-n2ccn(-c3ccc4c(cnn4CCN4CCOCC4)c3F)c2=O)CCN1C(=O)c1cc2cc([C@H]3CCOC(C)(C)C3)ccn2c1C1(c2noc(=O)[nH]2)CC1. The molecule has 4 aliphatic rings. The number of aromatic amines is 1. The molecule has 0 radical (unpaired) electrons. The second kappa shape index (κ2) is 17.4. The van der Waals surface area contributed by atoms with E-state index in [0.29, 0.717) is 115 Å². The van der Waals surface area contributed by atoms with Crippen molar-refractivity contribution in [2.24, 2.45) is 0 Å². The predicted octanol–water partition coefficient (Wildman–Crippen LogP) is 7.22. The first-order chi connectivity index (χ1) is 34.7. The summed E-state index contributed by atoms with van der Waals surface area (Å²) in [7, 11) is 0. The Kier molecular flexibility index (Phi) is 11.1. The van der Waals surface area contributed by atoms with Crippen LogP contribution in [0.1, 0.15) is 115 Å². The number of hydrogen-bond acceptors (Lipinski definition) is 10. The van der Waals surface area contributed by atoms with Crippen LogP contribution in [0, 0.1) is 25.5 Å². The van der Waals surface area contributed by atoms with Crippen LogP contribution in [-0.2, 0) is 27.9 Å². The standard InChI is InChI=1S/C53H57F2N11O6/c1-6-40-43-39(10-15-62(40)48(67)37-28-35-27-33(34-11-22-71-52(4,5)29-34)9-14-61(35)46(37)53(12-13-53)49-57-50(68)72-59-49)58-66(36-25-31(2)44(54)32(3)26-36)47(43)64-18-17-63(51(64)69)42-8-7-41-38(45(42)55)30-56-65(41)19-16-60-20-23-70-24-21-60/h7-9,14,17-18,25-28,30,34,40H,6,10-13,15-16,19-24,29H2,1-5H3,(H,57,59,68)/t34-,40?/m0/s1. The molecule has 374 valence electrons. The van der Waals surface area contributed by atoms with Crippen molar-refractivity contribution in [3.05, 3.63) is 145 Å².